The summed E-state index contributed by atoms with van der Waals surface area (Å²) in [6.45, 7) is 4.64. The maximum absolute atomic E-state index is 5.96. The lowest BCUT2D eigenvalue weighted by Crippen LogP contribution is -2.31. The molecule has 0 saturated heterocycles. The molecule has 0 aliphatic rings. The molecular formula is C16H28N2O. The number of rotatable bonds is 9. The molecule has 0 bridgehead atoms. The van der Waals surface area contributed by atoms with Crippen molar-refractivity contribution in [1.29, 1.82) is 0 Å². The van der Waals surface area contributed by atoms with Gasteiger partial charge < -0.3 is 10.5 Å². The average Bonchev–Trinajstić information content (AvgIpc) is 2.41. The first-order valence-corrected chi connectivity index (χ1v) is 7.21. The zero-order chi connectivity index (χ0) is 14.1. The molecule has 1 atom stereocenters. The fourth-order valence-electron chi connectivity index (χ4n) is 2.39. The molecule has 1 unspecified atom stereocenters. The second kappa shape index (κ2) is 9.08. The van der Waals surface area contributed by atoms with Crippen molar-refractivity contribution in [1.82, 2.24) is 4.90 Å². The van der Waals surface area contributed by atoms with E-state index in [2.05, 4.69) is 43.1 Å². The van der Waals surface area contributed by atoms with E-state index in [1.165, 1.54) is 30.4 Å². The predicted molar refractivity (Wildman–Crippen MR) is 81.1 cm³/mol. The summed E-state index contributed by atoms with van der Waals surface area (Å²) in [5.41, 5.74) is 8.46. The monoisotopic (exact) mass is 264 g/mol. The van der Waals surface area contributed by atoms with E-state index in [1.807, 2.05) is 0 Å². The largest absolute Gasteiger partial charge is 0.380 e. The van der Waals surface area contributed by atoms with Gasteiger partial charge in [0.25, 0.3) is 0 Å². The lowest BCUT2D eigenvalue weighted by Gasteiger charge is -2.27. The number of likely N-dealkylation sites (N-methyl/N-ethyl adjacent to an activating group) is 1. The van der Waals surface area contributed by atoms with Crippen LogP contribution < -0.4 is 5.73 Å². The van der Waals surface area contributed by atoms with Crippen LogP contribution in [0.2, 0.25) is 0 Å². The molecule has 19 heavy (non-hydrogen) atoms. The zero-order valence-corrected chi connectivity index (χ0v) is 12.6. The number of hydrogen-bond acceptors (Lipinski definition) is 3. The third-order valence-corrected chi connectivity index (χ3v) is 3.52. The van der Waals surface area contributed by atoms with E-state index >= 15 is 0 Å². The third kappa shape index (κ3) is 5.31. The first kappa shape index (κ1) is 16.2. The van der Waals surface area contributed by atoms with Crippen molar-refractivity contribution in [3.05, 3.63) is 35.4 Å². The molecule has 0 saturated carbocycles. The van der Waals surface area contributed by atoms with Crippen LogP contribution in [0.5, 0.6) is 0 Å². The number of nitrogens with two attached hydrogens (primary N) is 1. The molecule has 0 heterocycles. The number of benzene rings is 1. The SMILES string of the molecule is CCCCCN(C)C(CN)c1cccc(COC)c1. The van der Waals surface area contributed by atoms with Gasteiger partial charge in [-0.1, -0.05) is 44.0 Å². The summed E-state index contributed by atoms with van der Waals surface area (Å²) in [5, 5.41) is 0. The predicted octanol–water partition coefficient (Wildman–Crippen LogP) is 2.95. The molecule has 3 heteroatoms. The van der Waals surface area contributed by atoms with E-state index in [9.17, 15) is 0 Å². The van der Waals surface area contributed by atoms with Crippen LogP contribution in [-0.4, -0.2) is 32.1 Å². The summed E-state index contributed by atoms with van der Waals surface area (Å²) < 4.78 is 5.19. The van der Waals surface area contributed by atoms with Crippen LogP contribution in [0.25, 0.3) is 0 Å². The van der Waals surface area contributed by atoms with Crippen LogP contribution in [0.4, 0.5) is 0 Å². The Labute approximate surface area is 117 Å². The quantitative estimate of drug-likeness (QED) is 0.697. The standard InChI is InChI=1S/C16H28N2O/c1-4-5-6-10-18(2)16(12-17)15-9-7-8-14(11-15)13-19-3/h7-9,11,16H,4-6,10,12-13,17H2,1-3H3. The van der Waals surface area contributed by atoms with Gasteiger partial charge >= 0.3 is 0 Å². The fraction of sp³-hybridized carbons (Fsp3) is 0.625. The second-order valence-corrected chi connectivity index (χ2v) is 5.12. The molecule has 3 nitrogen and oxygen atoms in total. The molecule has 108 valence electrons. The third-order valence-electron chi connectivity index (χ3n) is 3.52. The highest BCUT2D eigenvalue weighted by atomic mass is 16.5. The van der Waals surface area contributed by atoms with Crippen LogP contribution in [0.15, 0.2) is 24.3 Å². The molecular weight excluding hydrogens is 236 g/mol. The van der Waals surface area contributed by atoms with Crippen LogP contribution in [-0.2, 0) is 11.3 Å². The Morgan fingerprint density at radius 1 is 1.32 bits per heavy atom. The Hall–Kier alpha value is -0.900. The number of hydrogen-bond donors (Lipinski definition) is 1. The first-order valence-electron chi connectivity index (χ1n) is 7.21. The Kier molecular flexibility index (Phi) is 7.72. The molecule has 0 radical (unpaired) electrons. The van der Waals surface area contributed by atoms with Crippen molar-refractivity contribution in [2.75, 3.05) is 27.2 Å². The average molecular weight is 264 g/mol. The molecule has 0 spiro atoms. The van der Waals surface area contributed by atoms with Crippen molar-refractivity contribution in [2.45, 2.75) is 38.8 Å². The summed E-state index contributed by atoms with van der Waals surface area (Å²) in [5.74, 6) is 0. The van der Waals surface area contributed by atoms with Crippen LogP contribution >= 0.6 is 0 Å². The van der Waals surface area contributed by atoms with Gasteiger partial charge in [0, 0.05) is 19.7 Å². The normalized spacial score (nSPS) is 12.9. The van der Waals surface area contributed by atoms with Gasteiger partial charge in [-0.2, -0.15) is 0 Å². The smallest absolute Gasteiger partial charge is 0.0713 e. The van der Waals surface area contributed by atoms with Gasteiger partial charge in [0.1, 0.15) is 0 Å². The molecule has 0 aliphatic heterocycles. The van der Waals surface area contributed by atoms with Crippen LogP contribution in [0.3, 0.4) is 0 Å². The molecule has 1 rings (SSSR count). The number of unbranched alkanes of at least 4 members (excludes halogenated alkanes) is 2. The second-order valence-electron chi connectivity index (χ2n) is 5.12. The van der Waals surface area contributed by atoms with E-state index in [-0.39, 0.29) is 0 Å². The molecule has 0 fully saturated rings. The zero-order valence-electron chi connectivity index (χ0n) is 12.6. The van der Waals surface area contributed by atoms with Crippen molar-refractivity contribution >= 4 is 0 Å². The Balaban J connectivity index is 2.69. The molecule has 2 N–H and O–H groups in total. The van der Waals surface area contributed by atoms with Gasteiger partial charge in [0.05, 0.1) is 6.61 Å². The van der Waals surface area contributed by atoms with Crippen molar-refractivity contribution in [3.63, 3.8) is 0 Å². The number of ether oxygens (including phenoxy) is 1. The molecule has 0 amide bonds. The van der Waals surface area contributed by atoms with Gasteiger partial charge in [-0.05, 0) is 31.1 Å². The highest BCUT2D eigenvalue weighted by molar-refractivity contribution is 5.26. The summed E-state index contributed by atoms with van der Waals surface area (Å²) in [6, 6.07) is 8.85. The topological polar surface area (TPSA) is 38.5 Å². The van der Waals surface area contributed by atoms with Gasteiger partial charge in [0.15, 0.2) is 0 Å². The van der Waals surface area contributed by atoms with E-state index < -0.39 is 0 Å². The summed E-state index contributed by atoms with van der Waals surface area (Å²) >= 11 is 0. The van der Waals surface area contributed by atoms with E-state index in [1.54, 1.807) is 7.11 Å². The Morgan fingerprint density at radius 3 is 2.74 bits per heavy atom. The molecule has 0 aromatic heterocycles. The van der Waals surface area contributed by atoms with E-state index in [0.717, 1.165) is 6.54 Å². The first-order chi connectivity index (χ1) is 9.22. The van der Waals surface area contributed by atoms with Gasteiger partial charge in [-0.3, -0.25) is 4.90 Å². The van der Waals surface area contributed by atoms with Gasteiger partial charge in [0.2, 0.25) is 0 Å². The van der Waals surface area contributed by atoms with Crippen LogP contribution in [0.1, 0.15) is 43.4 Å². The highest BCUT2D eigenvalue weighted by Crippen LogP contribution is 2.20. The van der Waals surface area contributed by atoms with Crippen molar-refractivity contribution < 1.29 is 4.74 Å². The van der Waals surface area contributed by atoms with Crippen molar-refractivity contribution in [3.8, 4) is 0 Å². The Bertz CT molecular complexity index is 354. The maximum atomic E-state index is 5.96. The summed E-state index contributed by atoms with van der Waals surface area (Å²) in [4.78, 5) is 2.36. The van der Waals surface area contributed by atoms with Crippen molar-refractivity contribution in [2.24, 2.45) is 5.73 Å². The summed E-state index contributed by atoms with van der Waals surface area (Å²) in [6.07, 6.45) is 3.77. The highest BCUT2D eigenvalue weighted by Gasteiger charge is 2.15. The minimum atomic E-state index is 0.300. The minimum absolute atomic E-state index is 0.300. The number of methoxy groups -OCH3 is 1. The Morgan fingerprint density at radius 2 is 2.11 bits per heavy atom. The maximum Gasteiger partial charge on any atom is 0.0713 e. The molecule has 0 aliphatic carbocycles. The van der Waals surface area contributed by atoms with Gasteiger partial charge in [-0.15, -0.1) is 0 Å². The van der Waals surface area contributed by atoms with E-state index in [0.29, 0.717) is 19.2 Å². The molecule has 1 aromatic carbocycles. The minimum Gasteiger partial charge on any atom is -0.380 e. The van der Waals surface area contributed by atoms with Gasteiger partial charge in [-0.25, -0.2) is 0 Å². The summed E-state index contributed by atoms with van der Waals surface area (Å²) in [7, 11) is 3.89. The van der Waals surface area contributed by atoms with E-state index in [4.69, 9.17) is 10.5 Å². The fourth-order valence-corrected chi connectivity index (χ4v) is 2.39. The molecule has 1 aromatic rings. The lowest BCUT2D eigenvalue weighted by atomic mass is 10.0. The lowest BCUT2D eigenvalue weighted by molar-refractivity contribution is 0.184. The van der Waals surface area contributed by atoms with Crippen LogP contribution in [0, 0.1) is 0 Å². The number of nitrogens with zero attached hydrogens (tertiary/aromatic N) is 1.